The summed E-state index contributed by atoms with van der Waals surface area (Å²) in [5, 5.41) is 15.0. The van der Waals surface area contributed by atoms with Gasteiger partial charge in [0, 0.05) is 6.54 Å². The molecule has 0 saturated carbocycles. The molecule has 0 atom stereocenters. The van der Waals surface area contributed by atoms with Crippen molar-refractivity contribution in [2.24, 2.45) is 0 Å². The zero-order valence-corrected chi connectivity index (χ0v) is 14.3. The number of tetrazole rings is 1. The number of hydrogen-bond donors (Lipinski definition) is 1. The van der Waals surface area contributed by atoms with Crippen LogP contribution in [0.1, 0.15) is 5.56 Å². The number of para-hydroxylation sites is 1. The van der Waals surface area contributed by atoms with Crippen LogP contribution in [0, 0.1) is 0 Å². The maximum Gasteiger partial charge on any atom is 0.248 e. The molecule has 3 rings (SSSR count). The summed E-state index contributed by atoms with van der Waals surface area (Å²) in [5.41, 5.74) is 1.82. The van der Waals surface area contributed by atoms with Crippen LogP contribution in [0.5, 0.6) is 17.2 Å². The Balaban J connectivity index is 1.82. The summed E-state index contributed by atoms with van der Waals surface area (Å²) in [4.78, 5) is 0. The van der Waals surface area contributed by atoms with Gasteiger partial charge in [-0.15, -0.1) is 0 Å². The van der Waals surface area contributed by atoms with E-state index in [1.165, 1.54) is 0 Å². The van der Waals surface area contributed by atoms with Crippen LogP contribution in [0.3, 0.4) is 0 Å². The largest absolute Gasteiger partial charge is 0.493 e. The third kappa shape index (κ3) is 3.47. The molecular weight excluding hydrogens is 322 g/mol. The normalized spacial score (nSPS) is 10.4. The highest BCUT2D eigenvalue weighted by Crippen LogP contribution is 2.38. The minimum absolute atomic E-state index is 0.490. The van der Waals surface area contributed by atoms with Crippen molar-refractivity contribution >= 4 is 5.95 Å². The maximum absolute atomic E-state index is 5.37. The SMILES string of the molecule is COc1cc(CNc2nnnn2-c2ccccc2)cc(OC)c1OC. The minimum atomic E-state index is 0.490. The fourth-order valence-corrected chi connectivity index (χ4v) is 2.46. The van der Waals surface area contributed by atoms with Gasteiger partial charge in [-0.3, -0.25) is 0 Å². The summed E-state index contributed by atoms with van der Waals surface area (Å²) in [6, 6.07) is 13.4. The van der Waals surface area contributed by atoms with Crippen LogP contribution >= 0.6 is 0 Å². The highest BCUT2D eigenvalue weighted by Gasteiger charge is 2.14. The van der Waals surface area contributed by atoms with Gasteiger partial charge in [-0.05, 0) is 40.3 Å². The predicted molar refractivity (Wildman–Crippen MR) is 92.6 cm³/mol. The van der Waals surface area contributed by atoms with Gasteiger partial charge >= 0.3 is 0 Å². The molecule has 2 aromatic carbocycles. The van der Waals surface area contributed by atoms with E-state index in [9.17, 15) is 0 Å². The van der Waals surface area contributed by atoms with Crippen molar-refractivity contribution in [1.82, 2.24) is 20.2 Å². The molecule has 0 saturated heterocycles. The van der Waals surface area contributed by atoms with Gasteiger partial charge in [0.15, 0.2) is 11.5 Å². The molecule has 3 aromatic rings. The number of nitrogens with zero attached hydrogens (tertiary/aromatic N) is 4. The zero-order valence-electron chi connectivity index (χ0n) is 14.3. The molecule has 0 aliphatic rings. The summed E-state index contributed by atoms with van der Waals surface area (Å²) in [7, 11) is 4.75. The summed E-state index contributed by atoms with van der Waals surface area (Å²) in [5.74, 6) is 2.30. The average molecular weight is 341 g/mol. The topological polar surface area (TPSA) is 83.3 Å². The molecule has 0 unspecified atom stereocenters. The summed E-state index contributed by atoms with van der Waals surface area (Å²) < 4.78 is 17.7. The van der Waals surface area contributed by atoms with Crippen LogP contribution in [-0.4, -0.2) is 41.5 Å². The Morgan fingerprint density at radius 3 is 2.24 bits per heavy atom. The fraction of sp³-hybridized carbons (Fsp3) is 0.235. The molecule has 0 aliphatic heterocycles. The molecule has 1 heterocycles. The Labute approximate surface area is 145 Å². The van der Waals surface area contributed by atoms with Crippen molar-refractivity contribution in [2.45, 2.75) is 6.54 Å². The molecule has 0 aliphatic carbocycles. The van der Waals surface area contributed by atoms with Crippen molar-refractivity contribution in [3.05, 3.63) is 48.0 Å². The molecule has 1 aromatic heterocycles. The molecule has 8 heteroatoms. The summed E-state index contributed by atoms with van der Waals surface area (Å²) in [6.07, 6.45) is 0. The van der Waals surface area contributed by atoms with E-state index in [1.54, 1.807) is 26.0 Å². The van der Waals surface area contributed by atoms with E-state index in [1.807, 2.05) is 42.5 Å². The van der Waals surface area contributed by atoms with Gasteiger partial charge in [0.1, 0.15) is 0 Å². The first kappa shape index (κ1) is 16.6. The van der Waals surface area contributed by atoms with Crippen molar-refractivity contribution < 1.29 is 14.2 Å². The number of benzene rings is 2. The van der Waals surface area contributed by atoms with E-state index in [-0.39, 0.29) is 0 Å². The van der Waals surface area contributed by atoms with Gasteiger partial charge in [-0.2, -0.15) is 4.68 Å². The van der Waals surface area contributed by atoms with E-state index in [0.29, 0.717) is 29.7 Å². The lowest BCUT2D eigenvalue weighted by Crippen LogP contribution is -2.08. The van der Waals surface area contributed by atoms with E-state index in [0.717, 1.165) is 11.3 Å². The average Bonchev–Trinajstić information content (AvgIpc) is 3.14. The number of hydrogen-bond acceptors (Lipinski definition) is 7. The first-order chi connectivity index (χ1) is 12.3. The lowest BCUT2D eigenvalue weighted by atomic mass is 10.2. The molecule has 0 radical (unpaired) electrons. The standard InChI is InChI=1S/C17H19N5O3/c1-23-14-9-12(10-15(24-2)16(14)25-3)11-18-17-19-20-21-22(17)13-7-5-4-6-8-13/h4-10H,11H2,1-3H3,(H,18,19,21). The monoisotopic (exact) mass is 341 g/mol. The maximum atomic E-state index is 5.37. The predicted octanol–water partition coefficient (Wildman–Crippen LogP) is 2.30. The van der Waals surface area contributed by atoms with Crippen LogP contribution in [0.4, 0.5) is 5.95 Å². The Hall–Kier alpha value is -3.29. The lowest BCUT2D eigenvalue weighted by Gasteiger charge is -2.14. The Morgan fingerprint density at radius 1 is 0.960 bits per heavy atom. The third-order valence-electron chi connectivity index (χ3n) is 3.65. The second kappa shape index (κ2) is 7.52. The van der Waals surface area contributed by atoms with Crippen LogP contribution in [0.15, 0.2) is 42.5 Å². The van der Waals surface area contributed by atoms with Gasteiger partial charge in [0.2, 0.25) is 11.7 Å². The molecular formula is C17H19N5O3. The number of aromatic nitrogens is 4. The fourth-order valence-electron chi connectivity index (χ4n) is 2.46. The van der Waals surface area contributed by atoms with Crippen molar-refractivity contribution in [2.75, 3.05) is 26.6 Å². The summed E-state index contributed by atoms with van der Waals surface area (Å²) >= 11 is 0. The first-order valence-electron chi connectivity index (χ1n) is 7.63. The van der Waals surface area contributed by atoms with Gasteiger partial charge in [0.05, 0.1) is 27.0 Å². The van der Waals surface area contributed by atoms with Gasteiger partial charge in [0.25, 0.3) is 0 Å². The highest BCUT2D eigenvalue weighted by atomic mass is 16.5. The molecule has 1 N–H and O–H groups in total. The molecule has 0 spiro atoms. The van der Waals surface area contributed by atoms with Crippen LogP contribution in [0.25, 0.3) is 5.69 Å². The van der Waals surface area contributed by atoms with Crippen LogP contribution in [0.2, 0.25) is 0 Å². The number of anilines is 1. The highest BCUT2D eigenvalue weighted by molar-refractivity contribution is 5.54. The Morgan fingerprint density at radius 2 is 1.64 bits per heavy atom. The number of rotatable bonds is 7. The van der Waals surface area contributed by atoms with Crippen molar-refractivity contribution in [3.8, 4) is 22.9 Å². The quantitative estimate of drug-likeness (QED) is 0.706. The van der Waals surface area contributed by atoms with Gasteiger partial charge in [-0.1, -0.05) is 23.3 Å². The smallest absolute Gasteiger partial charge is 0.248 e. The number of nitrogens with one attached hydrogen (secondary N) is 1. The number of ether oxygens (including phenoxy) is 3. The van der Waals surface area contributed by atoms with E-state index < -0.39 is 0 Å². The zero-order chi connectivity index (χ0) is 17.6. The van der Waals surface area contributed by atoms with Crippen LogP contribution in [-0.2, 0) is 6.54 Å². The second-order valence-electron chi connectivity index (χ2n) is 5.14. The lowest BCUT2D eigenvalue weighted by molar-refractivity contribution is 0.324. The molecule has 0 amide bonds. The van der Waals surface area contributed by atoms with Crippen LogP contribution < -0.4 is 19.5 Å². The van der Waals surface area contributed by atoms with Gasteiger partial charge in [-0.25, -0.2) is 0 Å². The Bertz CT molecular complexity index is 810. The van der Waals surface area contributed by atoms with E-state index in [2.05, 4.69) is 20.8 Å². The summed E-state index contributed by atoms with van der Waals surface area (Å²) in [6.45, 7) is 0.490. The first-order valence-corrected chi connectivity index (χ1v) is 7.63. The Kier molecular flexibility index (Phi) is 4.98. The van der Waals surface area contributed by atoms with Gasteiger partial charge < -0.3 is 19.5 Å². The molecule has 8 nitrogen and oxygen atoms in total. The van der Waals surface area contributed by atoms with E-state index >= 15 is 0 Å². The molecule has 0 fully saturated rings. The van der Waals surface area contributed by atoms with Crippen molar-refractivity contribution in [3.63, 3.8) is 0 Å². The number of methoxy groups -OCH3 is 3. The molecule has 130 valence electrons. The third-order valence-corrected chi connectivity index (χ3v) is 3.65. The molecule has 0 bridgehead atoms. The molecule has 25 heavy (non-hydrogen) atoms. The minimum Gasteiger partial charge on any atom is -0.493 e. The second-order valence-corrected chi connectivity index (χ2v) is 5.14. The van der Waals surface area contributed by atoms with Crippen molar-refractivity contribution in [1.29, 1.82) is 0 Å². The van der Waals surface area contributed by atoms with E-state index in [4.69, 9.17) is 14.2 Å².